The van der Waals surface area contributed by atoms with Crippen LogP contribution in [-0.2, 0) is 10.0 Å². The Morgan fingerprint density at radius 2 is 1.73 bits per heavy atom. The van der Waals surface area contributed by atoms with Gasteiger partial charge < -0.3 is 0 Å². The van der Waals surface area contributed by atoms with Gasteiger partial charge in [0.1, 0.15) is 5.69 Å². The van der Waals surface area contributed by atoms with Gasteiger partial charge in [0, 0.05) is 10.4 Å². The van der Waals surface area contributed by atoms with Gasteiger partial charge in [-0.3, -0.25) is 4.79 Å². The van der Waals surface area contributed by atoms with E-state index in [0.29, 0.717) is 20.8 Å². The van der Waals surface area contributed by atoms with Crippen molar-refractivity contribution in [3.8, 4) is 0 Å². The Hall–Kier alpha value is -2.41. The highest BCUT2D eigenvalue weighted by molar-refractivity contribution is 7.90. The Labute approximate surface area is 159 Å². The molecule has 0 saturated carbocycles. The van der Waals surface area contributed by atoms with Crippen molar-refractivity contribution in [2.45, 2.75) is 4.90 Å². The normalized spacial score (nSPS) is 11.7. The van der Waals surface area contributed by atoms with Crippen molar-refractivity contribution >= 4 is 49.6 Å². The Morgan fingerprint density at radius 1 is 0.962 bits per heavy atom. The number of hydrogen-bond acceptors (Lipinski definition) is 4. The van der Waals surface area contributed by atoms with E-state index in [1.54, 1.807) is 60.0 Å². The number of aromatic nitrogens is 1. The first-order valence-corrected chi connectivity index (χ1v) is 10.4. The van der Waals surface area contributed by atoms with Crippen molar-refractivity contribution in [2.24, 2.45) is 0 Å². The number of rotatable bonds is 4. The molecule has 4 rings (SSSR count). The molecule has 0 atom stereocenters. The highest BCUT2D eigenvalue weighted by Gasteiger charge is 2.27. The third-order valence-corrected chi connectivity index (χ3v) is 6.83. The van der Waals surface area contributed by atoms with Crippen LogP contribution in [0.25, 0.3) is 10.9 Å². The molecule has 0 aliphatic carbocycles. The van der Waals surface area contributed by atoms with E-state index in [4.69, 9.17) is 11.6 Å². The maximum Gasteiger partial charge on any atom is 0.268 e. The molecule has 4 nitrogen and oxygen atoms in total. The molecule has 2 heterocycles. The van der Waals surface area contributed by atoms with Crippen LogP contribution >= 0.6 is 22.9 Å². The van der Waals surface area contributed by atoms with Crippen molar-refractivity contribution < 1.29 is 13.2 Å². The van der Waals surface area contributed by atoms with Crippen LogP contribution in [0.3, 0.4) is 0 Å². The van der Waals surface area contributed by atoms with Crippen LogP contribution in [-0.4, -0.2) is 18.2 Å². The van der Waals surface area contributed by atoms with Crippen LogP contribution in [0.1, 0.15) is 15.4 Å². The molecule has 4 aromatic rings. The number of halogens is 1. The average Bonchev–Trinajstić information content (AvgIpc) is 3.29. The number of thiophene rings is 1. The minimum Gasteiger partial charge on any atom is -0.286 e. The molecule has 0 aliphatic rings. The van der Waals surface area contributed by atoms with E-state index in [1.807, 2.05) is 0 Å². The summed E-state index contributed by atoms with van der Waals surface area (Å²) in [6, 6.07) is 18.0. The van der Waals surface area contributed by atoms with Crippen LogP contribution in [0, 0.1) is 0 Å². The average molecular weight is 402 g/mol. The zero-order chi connectivity index (χ0) is 18.3. The lowest BCUT2D eigenvalue weighted by Gasteiger charge is -2.11. The van der Waals surface area contributed by atoms with E-state index in [9.17, 15) is 13.2 Å². The van der Waals surface area contributed by atoms with Gasteiger partial charge in [-0.05, 0) is 41.8 Å². The molecule has 0 spiro atoms. The first kappa shape index (κ1) is 17.0. The monoisotopic (exact) mass is 401 g/mol. The predicted octanol–water partition coefficient (Wildman–Crippen LogP) is 4.82. The van der Waals surface area contributed by atoms with E-state index in [1.165, 1.54) is 23.5 Å². The molecular formula is C19H12ClNO3S2. The molecule has 0 N–H and O–H groups in total. The molecule has 2 aromatic carbocycles. The molecule has 0 saturated heterocycles. The van der Waals surface area contributed by atoms with E-state index in [2.05, 4.69) is 0 Å². The van der Waals surface area contributed by atoms with Crippen molar-refractivity contribution in [3.63, 3.8) is 0 Å². The highest BCUT2D eigenvalue weighted by atomic mass is 35.5. The lowest BCUT2D eigenvalue weighted by atomic mass is 10.2. The summed E-state index contributed by atoms with van der Waals surface area (Å²) < 4.78 is 27.7. The van der Waals surface area contributed by atoms with Gasteiger partial charge in [-0.15, -0.1) is 11.3 Å². The van der Waals surface area contributed by atoms with Crippen LogP contribution < -0.4 is 0 Å². The molecule has 0 amide bonds. The van der Waals surface area contributed by atoms with Gasteiger partial charge >= 0.3 is 0 Å². The van der Waals surface area contributed by atoms with Gasteiger partial charge in [0.2, 0.25) is 5.78 Å². The number of hydrogen-bond donors (Lipinski definition) is 0. The highest BCUT2D eigenvalue weighted by Crippen LogP contribution is 2.30. The fourth-order valence-corrected chi connectivity index (χ4v) is 5.16. The minimum atomic E-state index is -3.96. The van der Waals surface area contributed by atoms with Gasteiger partial charge in [-0.25, -0.2) is 12.4 Å². The lowest BCUT2D eigenvalue weighted by molar-refractivity contribution is 0.103. The van der Waals surface area contributed by atoms with Crippen LogP contribution in [0.2, 0.25) is 5.02 Å². The quantitative estimate of drug-likeness (QED) is 0.460. The Morgan fingerprint density at radius 3 is 2.42 bits per heavy atom. The third kappa shape index (κ3) is 2.76. The smallest absolute Gasteiger partial charge is 0.268 e. The van der Waals surface area contributed by atoms with Gasteiger partial charge in [0.15, 0.2) is 0 Å². The van der Waals surface area contributed by atoms with Crippen molar-refractivity contribution in [1.29, 1.82) is 0 Å². The largest absolute Gasteiger partial charge is 0.286 e. The molecule has 0 bridgehead atoms. The summed E-state index contributed by atoms with van der Waals surface area (Å²) >= 11 is 7.35. The van der Waals surface area contributed by atoms with Crippen LogP contribution in [0.5, 0.6) is 0 Å². The number of carbonyl (C=O) groups excluding carboxylic acids is 1. The topological polar surface area (TPSA) is 56.1 Å². The Balaban J connectivity index is 2.05. The molecule has 0 unspecified atom stereocenters. The summed E-state index contributed by atoms with van der Waals surface area (Å²) in [5.74, 6) is -0.341. The number of fused-ring (bicyclic) bond motifs is 1. The summed E-state index contributed by atoms with van der Waals surface area (Å²) in [4.78, 5) is 13.5. The summed E-state index contributed by atoms with van der Waals surface area (Å²) in [6.45, 7) is 0. The van der Waals surface area contributed by atoms with Crippen molar-refractivity contribution in [3.05, 3.63) is 87.7 Å². The molecule has 0 radical (unpaired) electrons. The van der Waals surface area contributed by atoms with E-state index in [-0.39, 0.29) is 16.4 Å². The second-order valence-electron chi connectivity index (χ2n) is 5.62. The number of benzene rings is 2. The summed E-state index contributed by atoms with van der Waals surface area (Å²) in [5, 5.41) is 2.81. The fraction of sp³-hybridized carbons (Fsp3) is 0. The third-order valence-electron chi connectivity index (χ3n) is 3.98. The summed E-state index contributed by atoms with van der Waals surface area (Å²) in [7, 11) is -3.96. The van der Waals surface area contributed by atoms with Crippen molar-refractivity contribution in [1.82, 2.24) is 3.97 Å². The zero-order valence-corrected chi connectivity index (χ0v) is 15.7. The molecular weight excluding hydrogens is 390 g/mol. The van der Waals surface area contributed by atoms with E-state index < -0.39 is 10.0 Å². The SMILES string of the molecule is O=C(c1cccs1)c1cc2ccc(Cl)cc2n1S(=O)(=O)c1ccccc1. The zero-order valence-electron chi connectivity index (χ0n) is 13.3. The van der Waals surface area contributed by atoms with Crippen LogP contribution in [0.4, 0.5) is 0 Å². The van der Waals surface area contributed by atoms with Gasteiger partial charge in [-0.2, -0.15) is 0 Å². The summed E-state index contributed by atoms with van der Waals surface area (Å²) in [6.07, 6.45) is 0. The molecule has 26 heavy (non-hydrogen) atoms. The standard InChI is InChI=1S/C19H12ClNO3S2/c20-14-9-8-13-11-17(19(22)18-7-4-10-25-18)21(16(13)12-14)26(23,24)15-5-2-1-3-6-15/h1-12H. The molecule has 0 fully saturated rings. The van der Waals surface area contributed by atoms with E-state index in [0.717, 1.165) is 3.97 Å². The van der Waals surface area contributed by atoms with Gasteiger partial charge in [0.05, 0.1) is 15.3 Å². The maximum absolute atomic E-state index is 13.3. The lowest BCUT2D eigenvalue weighted by Crippen LogP contribution is -2.18. The molecule has 130 valence electrons. The van der Waals surface area contributed by atoms with Gasteiger partial charge in [0.25, 0.3) is 10.0 Å². The second-order valence-corrected chi connectivity index (χ2v) is 8.79. The van der Waals surface area contributed by atoms with E-state index >= 15 is 0 Å². The summed E-state index contributed by atoms with van der Waals surface area (Å²) in [5.41, 5.74) is 0.467. The fourth-order valence-electron chi connectivity index (χ4n) is 2.80. The molecule has 0 aliphatic heterocycles. The molecule has 2 aromatic heterocycles. The van der Waals surface area contributed by atoms with Crippen molar-refractivity contribution in [2.75, 3.05) is 0 Å². The Bertz CT molecular complexity index is 1210. The van der Waals surface area contributed by atoms with Gasteiger partial charge in [-0.1, -0.05) is 41.9 Å². The van der Waals surface area contributed by atoms with Crippen LogP contribution in [0.15, 0.2) is 77.0 Å². The first-order valence-electron chi connectivity index (χ1n) is 7.68. The maximum atomic E-state index is 13.3. The Kier molecular flexibility index (Phi) is 4.19. The number of ketones is 1. The first-order chi connectivity index (χ1) is 12.5. The minimum absolute atomic E-state index is 0.0913. The molecule has 7 heteroatoms. The number of nitrogens with zero attached hydrogens (tertiary/aromatic N) is 1. The predicted molar refractivity (Wildman–Crippen MR) is 104 cm³/mol. The number of carbonyl (C=O) groups is 1. The second kappa shape index (κ2) is 6.39.